The third-order valence-corrected chi connectivity index (χ3v) is 2.96. The molecule has 122 valence electrons. The molecule has 1 atom stereocenters. The molecule has 0 aliphatic carbocycles. The molecular formula is C18H22N2O3. The Bertz CT molecular complexity index is 603. The van der Waals surface area contributed by atoms with Crippen LogP contribution in [0.2, 0.25) is 0 Å². The van der Waals surface area contributed by atoms with E-state index in [0.29, 0.717) is 5.56 Å². The molecule has 5 heteroatoms. The predicted octanol–water partition coefficient (Wildman–Crippen LogP) is 2.34. The number of hydrogen-bond acceptors (Lipinski definition) is 5. The summed E-state index contributed by atoms with van der Waals surface area (Å²) in [7, 11) is 0. The Hall–Kier alpha value is -2.66. The molecule has 0 fully saturated rings. The number of rotatable bonds is 4. The van der Waals surface area contributed by atoms with Gasteiger partial charge >= 0.3 is 5.97 Å². The van der Waals surface area contributed by atoms with Gasteiger partial charge in [-0.1, -0.05) is 48.0 Å². The summed E-state index contributed by atoms with van der Waals surface area (Å²) in [5, 5.41) is 0. The first kappa shape index (κ1) is 18.4. The van der Waals surface area contributed by atoms with Gasteiger partial charge in [-0.2, -0.15) is 0 Å². The maximum absolute atomic E-state index is 11.6. The van der Waals surface area contributed by atoms with Gasteiger partial charge in [-0.25, -0.2) is 4.79 Å². The minimum Gasteiger partial charge on any atom is -0.464 e. The standard InChI is InChI=1S/C11H13NO3.C7H9N/c1-2-15-11(14)9(12)10(13)8-6-4-3-5-7-8;1-6-2-4-7(8)5-3-6/h3-7,9H,2,12H2,1H3;2-5H,8H2,1H3. The molecule has 0 aromatic heterocycles. The Morgan fingerprint density at radius 2 is 1.61 bits per heavy atom. The molecule has 0 spiro atoms. The largest absolute Gasteiger partial charge is 0.464 e. The zero-order valence-corrected chi connectivity index (χ0v) is 13.4. The second-order valence-corrected chi connectivity index (χ2v) is 4.87. The molecule has 2 rings (SSSR count). The fourth-order valence-electron chi connectivity index (χ4n) is 1.69. The van der Waals surface area contributed by atoms with E-state index in [4.69, 9.17) is 11.5 Å². The molecule has 0 saturated carbocycles. The van der Waals surface area contributed by atoms with Crippen molar-refractivity contribution in [3.8, 4) is 0 Å². The number of nitrogens with two attached hydrogens (primary N) is 2. The second-order valence-electron chi connectivity index (χ2n) is 4.87. The smallest absolute Gasteiger partial charge is 0.331 e. The van der Waals surface area contributed by atoms with E-state index in [9.17, 15) is 9.59 Å². The summed E-state index contributed by atoms with van der Waals surface area (Å²) < 4.78 is 4.66. The topological polar surface area (TPSA) is 95.4 Å². The summed E-state index contributed by atoms with van der Waals surface area (Å²) in [6, 6.07) is 15.0. The summed E-state index contributed by atoms with van der Waals surface area (Å²) in [4.78, 5) is 22.8. The summed E-state index contributed by atoms with van der Waals surface area (Å²) in [6.07, 6.45) is 0. The molecule has 2 aromatic rings. The van der Waals surface area contributed by atoms with Crippen LogP contribution < -0.4 is 11.5 Å². The van der Waals surface area contributed by atoms with Gasteiger partial charge in [0.1, 0.15) is 0 Å². The van der Waals surface area contributed by atoms with Gasteiger partial charge in [0.15, 0.2) is 11.8 Å². The van der Waals surface area contributed by atoms with Gasteiger partial charge in [-0.3, -0.25) is 4.79 Å². The van der Waals surface area contributed by atoms with Crippen molar-refractivity contribution in [1.29, 1.82) is 0 Å². The van der Waals surface area contributed by atoms with Crippen LogP contribution in [0.5, 0.6) is 0 Å². The maximum atomic E-state index is 11.6. The highest BCUT2D eigenvalue weighted by Crippen LogP contribution is 2.03. The normalized spacial score (nSPS) is 10.9. The van der Waals surface area contributed by atoms with Crippen molar-refractivity contribution in [2.45, 2.75) is 19.9 Å². The Morgan fingerprint density at radius 3 is 2.09 bits per heavy atom. The van der Waals surface area contributed by atoms with Crippen molar-refractivity contribution in [3.63, 3.8) is 0 Å². The average Bonchev–Trinajstić information content (AvgIpc) is 2.58. The van der Waals surface area contributed by atoms with E-state index in [2.05, 4.69) is 4.74 Å². The van der Waals surface area contributed by atoms with Crippen LogP contribution in [-0.4, -0.2) is 24.4 Å². The van der Waals surface area contributed by atoms with Crippen molar-refractivity contribution in [2.75, 3.05) is 12.3 Å². The highest BCUT2D eigenvalue weighted by Gasteiger charge is 2.24. The number of carbonyl (C=O) groups excluding carboxylic acids is 2. The van der Waals surface area contributed by atoms with E-state index in [1.807, 2.05) is 31.2 Å². The maximum Gasteiger partial charge on any atom is 0.331 e. The Morgan fingerprint density at radius 1 is 1.04 bits per heavy atom. The lowest BCUT2D eigenvalue weighted by molar-refractivity contribution is -0.143. The van der Waals surface area contributed by atoms with Crippen LogP contribution in [0.25, 0.3) is 0 Å². The summed E-state index contributed by atoms with van der Waals surface area (Å²) >= 11 is 0. The average molecular weight is 314 g/mol. The minimum atomic E-state index is -1.23. The zero-order chi connectivity index (χ0) is 17.2. The Kier molecular flexibility index (Phi) is 7.50. The number of ether oxygens (including phenoxy) is 1. The van der Waals surface area contributed by atoms with Gasteiger partial charge in [0.2, 0.25) is 0 Å². The summed E-state index contributed by atoms with van der Waals surface area (Å²) in [5.41, 5.74) is 13.4. The fraction of sp³-hybridized carbons (Fsp3) is 0.222. The lowest BCUT2D eigenvalue weighted by Crippen LogP contribution is -2.40. The summed E-state index contributed by atoms with van der Waals surface area (Å²) in [5.74, 6) is -1.11. The van der Waals surface area contributed by atoms with Crippen LogP contribution in [0, 0.1) is 6.92 Å². The molecule has 0 heterocycles. The van der Waals surface area contributed by atoms with Gasteiger partial charge in [0.25, 0.3) is 0 Å². The molecule has 0 aliphatic rings. The molecule has 2 aromatic carbocycles. The van der Waals surface area contributed by atoms with E-state index in [1.165, 1.54) is 5.56 Å². The first-order valence-electron chi connectivity index (χ1n) is 7.29. The van der Waals surface area contributed by atoms with Crippen LogP contribution in [-0.2, 0) is 9.53 Å². The monoisotopic (exact) mass is 314 g/mol. The highest BCUT2D eigenvalue weighted by atomic mass is 16.5. The molecule has 23 heavy (non-hydrogen) atoms. The lowest BCUT2D eigenvalue weighted by Gasteiger charge is -2.08. The van der Waals surface area contributed by atoms with Crippen LogP contribution in [0.1, 0.15) is 22.8 Å². The number of anilines is 1. The molecular weight excluding hydrogens is 292 g/mol. The molecule has 0 bridgehead atoms. The fourth-order valence-corrected chi connectivity index (χ4v) is 1.69. The van der Waals surface area contributed by atoms with E-state index >= 15 is 0 Å². The molecule has 1 unspecified atom stereocenters. The van der Waals surface area contributed by atoms with Gasteiger partial charge < -0.3 is 16.2 Å². The third-order valence-electron chi connectivity index (χ3n) is 2.96. The highest BCUT2D eigenvalue weighted by molar-refractivity contribution is 6.11. The lowest BCUT2D eigenvalue weighted by atomic mass is 10.1. The van der Waals surface area contributed by atoms with Crippen molar-refractivity contribution in [3.05, 3.63) is 65.7 Å². The van der Waals surface area contributed by atoms with Crippen LogP contribution in [0.3, 0.4) is 0 Å². The molecule has 0 saturated heterocycles. The van der Waals surface area contributed by atoms with Crippen molar-refractivity contribution in [2.24, 2.45) is 5.73 Å². The van der Waals surface area contributed by atoms with Gasteiger partial charge in [-0.15, -0.1) is 0 Å². The number of aryl methyl sites for hydroxylation is 1. The van der Waals surface area contributed by atoms with E-state index in [0.717, 1.165) is 5.69 Å². The first-order valence-corrected chi connectivity index (χ1v) is 7.29. The number of hydrogen-bond donors (Lipinski definition) is 2. The Balaban J connectivity index is 0.000000277. The predicted molar refractivity (Wildman–Crippen MR) is 91.0 cm³/mol. The van der Waals surface area contributed by atoms with Gasteiger partial charge in [-0.05, 0) is 26.0 Å². The number of nitrogen functional groups attached to an aromatic ring is 1. The van der Waals surface area contributed by atoms with Gasteiger partial charge in [0.05, 0.1) is 6.61 Å². The number of ketones is 1. The SMILES string of the molecule is CCOC(=O)C(N)C(=O)c1ccccc1.Cc1ccc(N)cc1. The van der Waals surface area contributed by atoms with Gasteiger partial charge in [0, 0.05) is 11.3 Å². The quantitative estimate of drug-likeness (QED) is 0.391. The number of esters is 1. The van der Waals surface area contributed by atoms with Crippen LogP contribution in [0.15, 0.2) is 54.6 Å². The van der Waals surface area contributed by atoms with Crippen LogP contribution >= 0.6 is 0 Å². The molecule has 0 amide bonds. The first-order chi connectivity index (χ1) is 11.0. The number of Topliss-reactive ketones (excluding diaryl/α,β-unsaturated/α-hetero) is 1. The molecule has 0 aliphatic heterocycles. The van der Waals surface area contributed by atoms with Crippen LogP contribution in [0.4, 0.5) is 5.69 Å². The number of carbonyl (C=O) groups is 2. The molecule has 0 radical (unpaired) electrons. The van der Waals surface area contributed by atoms with Crippen molar-refractivity contribution < 1.29 is 14.3 Å². The van der Waals surface area contributed by atoms with Crippen molar-refractivity contribution in [1.82, 2.24) is 0 Å². The minimum absolute atomic E-state index is 0.217. The zero-order valence-electron chi connectivity index (χ0n) is 13.4. The second kappa shape index (κ2) is 9.38. The summed E-state index contributed by atoms with van der Waals surface area (Å²) in [6.45, 7) is 3.92. The third kappa shape index (κ3) is 6.32. The molecule has 4 N–H and O–H groups in total. The van der Waals surface area contributed by atoms with E-state index < -0.39 is 17.8 Å². The van der Waals surface area contributed by atoms with E-state index in [-0.39, 0.29) is 6.61 Å². The Labute approximate surface area is 136 Å². The molecule has 5 nitrogen and oxygen atoms in total. The van der Waals surface area contributed by atoms with Crippen molar-refractivity contribution >= 4 is 17.4 Å². The van der Waals surface area contributed by atoms with E-state index in [1.54, 1.807) is 37.3 Å². The number of benzene rings is 2.